The molecule has 0 spiro atoms. The Bertz CT molecular complexity index is 564. The number of carbonyl (C=O) groups is 2. The maximum atomic E-state index is 12.6. The number of hydrogen-bond acceptors (Lipinski definition) is 3. The molecule has 0 radical (unpaired) electrons. The molecule has 106 valence electrons. The van der Waals surface area contributed by atoms with Gasteiger partial charge in [0.05, 0.1) is 0 Å². The average Bonchev–Trinajstić information content (AvgIpc) is 2.75. The zero-order chi connectivity index (χ0) is 14.8. The van der Waals surface area contributed by atoms with Crippen LogP contribution in [0, 0.1) is 0 Å². The maximum absolute atomic E-state index is 12.6. The molecule has 1 aliphatic rings. The first kappa shape index (κ1) is 14.2. The number of hydrogen-bond donors (Lipinski definition) is 1. The standard InChI is InChI=1S/C15H18N2O3/c1-15(2)7-3-9-17(15)14(20)12-6-8-16-10-11(12)4-5-13(18)19/h4-6,8,10H,3,7,9H2,1-2H3,(H,18,19). The largest absolute Gasteiger partial charge is 0.478 e. The molecule has 1 N–H and O–H groups in total. The number of nitrogens with zero attached hydrogens (tertiary/aromatic N) is 2. The van der Waals surface area contributed by atoms with E-state index in [2.05, 4.69) is 4.98 Å². The summed E-state index contributed by atoms with van der Waals surface area (Å²) >= 11 is 0. The molecule has 1 fully saturated rings. The highest BCUT2D eigenvalue weighted by molar-refractivity contribution is 5.99. The third kappa shape index (κ3) is 2.87. The highest BCUT2D eigenvalue weighted by atomic mass is 16.4. The predicted molar refractivity (Wildman–Crippen MR) is 75.3 cm³/mol. The van der Waals surface area contributed by atoms with E-state index in [0.29, 0.717) is 11.1 Å². The molecule has 1 saturated heterocycles. The Hall–Kier alpha value is -2.17. The molecule has 1 amide bonds. The Morgan fingerprint density at radius 3 is 2.80 bits per heavy atom. The van der Waals surface area contributed by atoms with E-state index in [-0.39, 0.29) is 11.4 Å². The summed E-state index contributed by atoms with van der Waals surface area (Å²) in [6.45, 7) is 4.83. The normalized spacial score (nSPS) is 17.6. The van der Waals surface area contributed by atoms with Crippen molar-refractivity contribution in [3.05, 3.63) is 35.7 Å². The monoisotopic (exact) mass is 274 g/mol. The summed E-state index contributed by atoms with van der Waals surface area (Å²) < 4.78 is 0. The number of amides is 1. The zero-order valence-electron chi connectivity index (χ0n) is 11.7. The molecular formula is C15H18N2O3. The predicted octanol–water partition coefficient (Wildman–Crippen LogP) is 2.19. The second-order valence-electron chi connectivity index (χ2n) is 5.51. The van der Waals surface area contributed by atoms with Gasteiger partial charge in [0.1, 0.15) is 0 Å². The Kier molecular flexibility index (Phi) is 3.88. The molecule has 20 heavy (non-hydrogen) atoms. The Morgan fingerprint density at radius 2 is 2.20 bits per heavy atom. The second kappa shape index (κ2) is 5.45. The quantitative estimate of drug-likeness (QED) is 0.858. The molecule has 0 atom stereocenters. The SMILES string of the molecule is CC1(C)CCCN1C(=O)c1ccncc1C=CC(=O)O. The molecule has 1 aromatic heterocycles. The molecule has 5 heteroatoms. The fourth-order valence-corrected chi connectivity index (χ4v) is 2.52. The Labute approximate surface area is 117 Å². The van der Waals surface area contributed by atoms with E-state index >= 15 is 0 Å². The lowest BCUT2D eigenvalue weighted by atomic mass is 10.0. The first-order valence-corrected chi connectivity index (χ1v) is 6.59. The van der Waals surface area contributed by atoms with Gasteiger partial charge in [-0.25, -0.2) is 4.79 Å². The molecule has 0 saturated carbocycles. The molecule has 0 unspecified atom stereocenters. The van der Waals surface area contributed by atoms with Gasteiger partial charge in [0, 0.05) is 41.7 Å². The minimum atomic E-state index is -1.05. The van der Waals surface area contributed by atoms with Gasteiger partial charge in [-0.1, -0.05) is 0 Å². The van der Waals surface area contributed by atoms with Crippen molar-refractivity contribution in [3.8, 4) is 0 Å². The van der Waals surface area contributed by atoms with Crippen LogP contribution < -0.4 is 0 Å². The minimum absolute atomic E-state index is 0.0695. The van der Waals surface area contributed by atoms with Crippen molar-refractivity contribution in [2.45, 2.75) is 32.2 Å². The number of carbonyl (C=O) groups excluding carboxylic acids is 1. The van der Waals surface area contributed by atoms with Gasteiger partial charge >= 0.3 is 5.97 Å². The Balaban J connectivity index is 2.33. The van der Waals surface area contributed by atoms with Gasteiger partial charge < -0.3 is 10.0 Å². The fraction of sp³-hybridized carbons (Fsp3) is 0.400. The lowest BCUT2D eigenvalue weighted by Crippen LogP contribution is -2.42. The molecule has 1 aromatic rings. The van der Waals surface area contributed by atoms with Gasteiger partial charge in [0.25, 0.3) is 5.91 Å². The van der Waals surface area contributed by atoms with Crippen molar-refractivity contribution in [3.63, 3.8) is 0 Å². The van der Waals surface area contributed by atoms with Crippen molar-refractivity contribution < 1.29 is 14.7 Å². The summed E-state index contributed by atoms with van der Waals surface area (Å²) in [5.41, 5.74) is 0.865. The highest BCUT2D eigenvalue weighted by Gasteiger charge is 2.36. The van der Waals surface area contributed by atoms with Crippen LogP contribution in [0.2, 0.25) is 0 Å². The summed E-state index contributed by atoms with van der Waals surface area (Å²) in [7, 11) is 0. The van der Waals surface area contributed by atoms with Crippen LogP contribution in [0.3, 0.4) is 0 Å². The number of carboxylic acids is 1. The topological polar surface area (TPSA) is 70.5 Å². The fourth-order valence-electron chi connectivity index (χ4n) is 2.52. The van der Waals surface area contributed by atoms with E-state index in [4.69, 9.17) is 5.11 Å². The molecule has 0 bridgehead atoms. The highest BCUT2D eigenvalue weighted by Crippen LogP contribution is 2.30. The summed E-state index contributed by atoms with van der Waals surface area (Å²) in [6, 6.07) is 1.64. The number of likely N-dealkylation sites (tertiary alicyclic amines) is 1. The lowest BCUT2D eigenvalue weighted by molar-refractivity contribution is -0.131. The van der Waals surface area contributed by atoms with Crippen LogP contribution in [0.5, 0.6) is 0 Å². The van der Waals surface area contributed by atoms with Gasteiger partial charge in [-0.2, -0.15) is 0 Å². The van der Waals surface area contributed by atoms with Crippen molar-refractivity contribution in [2.24, 2.45) is 0 Å². The summed E-state index contributed by atoms with van der Waals surface area (Å²) in [6.07, 6.45) is 7.45. The molecule has 1 aliphatic heterocycles. The van der Waals surface area contributed by atoms with Gasteiger partial charge in [0.2, 0.25) is 0 Å². The van der Waals surface area contributed by atoms with Crippen LogP contribution in [0.15, 0.2) is 24.5 Å². The first-order valence-electron chi connectivity index (χ1n) is 6.59. The van der Waals surface area contributed by atoms with E-state index in [0.717, 1.165) is 25.5 Å². The van der Waals surface area contributed by atoms with E-state index in [1.807, 2.05) is 18.7 Å². The number of pyridine rings is 1. The van der Waals surface area contributed by atoms with Crippen LogP contribution in [0.25, 0.3) is 6.08 Å². The smallest absolute Gasteiger partial charge is 0.328 e. The molecule has 2 rings (SSSR count). The van der Waals surface area contributed by atoms with Gasteiger partial charge in [0.15, 0.2) is 0 Å². The summed E-state index contributed by atoms with van der Waals surface area (Å²) in [4.78, 5) is 29.1. The van der Waals surface area contributed by atoms with Crippen LogP contribution >= 0.6 is 0 Å². The third-order valence-corrected chi connectivity index (χ3v) is 3.63. The second-order valence-corrected chi connectivity index (χ2v) is 5.51. The molecule has 5 nitrogen and oxygen atoms in total. The van der Waals surface area contributed by atoms with Crippen LogP contribution in [-0.2, 0) is 4.79 Å². The number of aliphatic carboxylic acids is 1. The Morgan fingerprint density at radius 1 is 1.45 bits per heavy atom. The van der Waals surface area contributed by atoms with Crippen molar-refractivity contribution in [1.82, 2.24) is 9.88 Å². The number of aromatic nitrogens is 1. The van der Waals surface area contributed by atoms with Crippen molar-refractivity contribution in [1.29, 1.82) is 0 Å². The van der Waals surface area contributed by atoms with Crippen molar-refractivity contribution >= 4 is 18.0 Å². The van der Waals surface area contributed by atoms with Crippen LogP contribution in [0.1, 0.15) is 42.6 Å². The zero-order valence-corrected chi connectivity index (χ0v) is 11.7. The maximum Gasteiger partial charge on any atom is 0.328 e. The lowest BCUT2D eigenvalue weighted by Gasteiger charge is -2.32. The number of carboxylic acid groups (broad SMARTS) is 1. The van der Waals surface area contributed by atoms with E-state index < -0.39 is 5.97 Å². The van der Waals surface area contributed by atoms with Gasteiger partial charge in [-0.3, -0.25) is 9.78 Å². The number of rotatable bonds is 3. The summed E-state index contributed by atoms with van der Waals surface area (Å²) in [5.74, 6) is -1.12. The first-order chi connectivity index (χ1) is 9.42. The summed E-state index contributed by atoms with van der Waals surface area (Å²) in [5, 5.41) is 8.70. The van der Waals surface area contributed by atoms with E-state index in [9.17, 15) is 9.59 Å². The van der Waals surface area contributed by atoms with Crippen LogP contribution in [-0.4, -0.2) is 39.0 Å². The van der Waals surface area contributed by atoms with Crippen molar-refractivity contribution in [2.75, 3.05) is 6.54 Å². The van der Waals surface area contributed by atoms with Crippen LogP contribution in [0.4, 0.5) is 0 Å². The average molecular weight is 274 g/mol. The molecular weight excluding hydrogens is 256 g/mol. The van der Waals surface area contributed by atoms with Gasteiger partial charge in [-0.15, -0.1) is 0 Å². The molecule has 0 aromatic carbocycles. The van der Waals surface area contributed by atoms with E-state index in [1.165, 1.54) is 12.3 Å². The minimum Gasteiger partial charge on any atom is -0.478 e. The van der Waals surface area contributed by atoms with E-state index in [1.54, 1.807) is 12.3 Å². The molecule has 0 aliphatic carbocycles. The molecule has 2 heterocycles. The van der Waals surface area contributed by atoms with Gasteiger partial charge in [-0.05, 0) is 38.8 Å². The third-order valence-electron chi connectivity index (χ3n) is 3.63.